The van der Waals surface area contributed by atoms with Gasteiger partial charge >= 0.3 is 23.6 Å². The van der Waals surface area contributed by atoms with Crippen molar-refractivity contribution in [1.29, 1.82) is 0 Å². The third-order valence-corrected chi connectivity index (χ3v) is 4.85. The number of hydrogen-bond acceptors (Lipinski definition) is 10. The molecule has 0 unspecified atom stereocenters. The first-order valence-corrected chi connectivity index (χ1v) is 10.7. The van der Waals surface area contributed by atoms with Crippen molar-refractivity contribution in [1.82, 2.24) is 9.13 Å². The van der Waals surface area contributed by atoms with E-state index in [0.29, 0.717) is 4.57 Å². The van der Waals surface area contributed by atoms with Crippen LogP contribution in [0.4, 0.5) is 15.9 Å². The zero-order chi connectivity index (χ0) is 28.3. The molecule has 14 heteroatoms. The number of nitrogen functional groups attached to an aromatic ring is 1. The maximum absolute atomic E-state index is 13.4. The van der Waals surface area contributed by atoms with Crippen LogP contribution in [0.5, 0.6) is 17.2 Å². The molecule has 0 saturated heterocycles. The van der Waals surface area contributed by atoms with Crippen LogP contribution < -0.4 is 36.5 Å². The third kappa shape index (κ3) is 5.75. The monoisotopic (exact) mass is 528 g/mol. The smallest absolute Gasteiger partial charge is 0.337 e. The van der Waals surface area contributed by atoms with Crippen LogP contribution >= 0.6 is 0 Å². The van der Waals surface area contributed by atoms with Crippen LogP contribution in [0.3, 0.4) is 0 Å². The number of anilines is 2. The average molecular weight is 528 g/mol. The van der Waals surface area contributed by atoms with Crippen molar-refractivity contribution in [2.45, 2.75) is 20.8 Å². The van der Waals surface area contributed by atoms with Crippen molar-refractivity contribution >= 4 is 35.3 Å². The highest BCUT2D eigenvalue weighted by atomic mass is 19.1. The van der Waals surface area contributed by atoms with E-state index in [1.165, 1.54) is 12.1 Å². The predicted octanol–water partition coefficient (Wildman–Crippen LogP) is 1.29. The van der Waals surface area contributed by atoms with Crippen molar-refractivity contribution < 1.29 is 37.8 Å². The zero-order valence-electron chi connectivity index (χ0n) is 20.5. The van der Waals surface area contributed by atoms with Crippen LogP contribution in [0.15, 0.2) is 46.0 Å². The summed E-state index contributed by atoms with van der Waals surface area (Å²) in [5.41, 5.74) is 3.53. The van der Waals surface area contributed by atoms with Crippen LogP contribution in [0.25, 0.3) is 5.69 Å². The normalized spacial score (nSPS) is 10.4. The quantitative estimate of drug-likeness (QED) is 0.350. The number of nitrogens with zero attached hydrogens (tertiary/aromatic N) is 2. The second kappa shape index (κ2) is 10.8. The molecular formula is C24H21FN4O9. The minimum atomic E-state index is -1.01. The number of halogens is 1. The summed E-state index contributed by atoms with van der Waals surface area (Å²) in [5, 5.41) is 2.29. The Kier molecular flexibility index (Phi) is 7.75. The highest BCUT2D eigenvalue weighted by molar-refractivity contribution is 6.06. The molecule has 0 bridgehead atoms. The molecule has 3 rings (SSSR count). The van der Waals surface area contributed by atoms with Gasteiger partial charge in [-0.1, -0.05) is 0 Å². The molecule has 1 aromatic heterocycles. The van der Waals surface area contributed by atoms with E-state index in [2.05, 4.69) is 5.32 Å². The number of carbonyl (C=O) groups is 4. The first-order chi connectivity index (χ1) is 17.8. The van der Waals surface area contributed by atoms with Gasteiger partial charge < -0.3 is 25.3 Å². The molecule has 0 atom stereocenters. The van der Waals surface area contributed by atoms with E-state index in [1.54, 1.807) is 0 Å². The van der Waals surface area contributed by atoms with Crippen molar-refractivity contribution in [3.05, 3.63) is 68.6 Å². The number of benzene rings is 2. The Hall–Kier alpha value is -5.27. The molecule has 38 heavy (non-hydrogen) atoms. The molecule has 3 N–H and O–H groups in total. The second-order valence-electron chi connectivity index (χ2n) is 7.76. The number of ether oxygens (including phenoxy) is 3. The van der Waals surface area contributed by atoms with Crippen LogP contribution in [-0.4, -0.2) is 32.9 Å². The minimum absolute atomic E-state index is 0.111. The van der Waals surface area contributed by atoms with Crippen LogP contribution in [0.2, 0.25) is 0 Å². The molecule has 1 amide bonds. The summed E-state index contributed by atoms with van der Waals surface area (Å²) in [6.07, 6.45) is 0. The molecule has 2 aromatic carbocycles. The second-order valence-corrected chi connectivity index (χ2v) is 7.76. The Balaban J connectivity index is 2.16. The maximum Gasteiger partial charge on any atom is 0.337 e. The summed E-state index contributed by atoms with van der Waals surface area (Å²) in [4.78, 5) is 73.5. The predicted molar refractivity (Wildman–Crippen MR) is 130 cm³/mol. The highest BCUT2D eigenvalue weighted by Gasteiger charge is 2.24. The van der Waals surface area contributed by atoms with Gasteiger partial charge in [-0.15, -0.1) is 0 Å². The molecule has 0 aliphatic heterocycles. The summed E-state index contributed by atoms with van der Waals surface area (Å²) in [6.45, 7) is 3.13. The summed E-state index contributed by atoms with van der Waals surface area (Å²) in [5.74, 6) is -5.92. The van der Waals surface area contributed by atoms with Crippen molar-refractivity contribution in [3.8, 4) is 22.9 Å². The third-order valence-electron chi connectivity index (χ3n) is 4.85. The lowest BCUT2D eigenvalue weighted by Crippen LogP contribution is -2.40. The minimum Gasteiger partial charge on any atom is -0.423 e. The van der Waals surface area contributed by atoms with E-state index >= 15 is 0 Å². The number of carbonyl (C=O) groups excluding carboxylic acids is 4. The largest absolute Gasteiger partial charge is 0.423 e. The van der Waals surface area contributed by atoms with Gasteiger partial charge in [0.1, 0.15) is 17.3 Å². The summed E-state index contributed by atoms with van der Waals surface area (Å²) in [7, 11) is 1.14. The van der Waals surface area contributed by atoms with Gasteiger partial charge in [0.25, 0.3) is 11.5 Å². The van der Waals surface area contributed by atoms with Gasteiger partial charge in [-0.3, -0.25) is 28.5 Å². The Morgan fingerprint density at radius 3 is 1.84 bits per heavy atom. The van der Waals surface area contributed by atoms with E-state index in [0.717, 1.165) is 56.7 Å². The van der Waals surface area contributed by atoms with Gasteiger partial charge in [0.2, 0.25) is 5.75 Å². The lowest BCUT2D eigenvalue weighted by molar-refractivity contribution is -0.135. The SMILES string of the molecule is CC(=O)Oc1cc(C(=O)Nc2c(N)n(-c3ccc(F)cc3)c(=O)n(C)c2=O)cc(OC(C)=O)c1OC(C)=O. The molecular weight excluding hydrogens is 507 g/mol. The molecule has 0 radical (unpaired) electrons. The summed E-state index contributed by atoms with van der Waals surface area (Å²) < 4.78 is 30.0. The van der Waals surface area contributed by atoms with Crippen LogP contribution in [-0.2, 0) is 21.4 Å². The highest BCUT2D eigenvalue weighted by Crippen LogP contribution is 2.39. The van der Waals surface area contributed by atoms with Gasteiger partial charge in [0.15, 0.2) is 11.5 Å². The molecule has 1 heterocycles. The molecule has 0 aliphatic rings. The fourth-order valence-electron chi connectivity index (χ4n) is 3.29. The van der Waals surface area contributed by atoms with E-state index in [9.17, 15) is 33.2 Å². The number of hydrogen-bond donors (Lipinski definition) is 2. The number of nitrogens with one attached hydrogen (secondary N) is 1. The van der Waals surface area contributed by atoms with Crippen molar-refractivity contribution in [3.63, 3.8) is 0 Å². The van der Waals surface area contributed by atoms with E-state index in [-0.39, 0.29) is 11.3 Å². The molecule has 13 nitrogen and oxygen atoms in total. The summed E-state index contributed by atoms with van der Waals surface area (Å²) >= 11 is 0. The van der Waals surface area contributed by atoms with Gasteiger partial charge in [-0.25, -0.2) is 13.8 Å². The van der Waals surface area contributed by atoms with E-state index in [1.807, 2.05) is 0 Å². The van der Waals surface area contributed by atoms with Gasteiger partial charge in [0, 0.05) is 33.4 Å². The van der Waals surface area contributed by atoms with Crippen molar-refractivity contribution in [2.24, 2.45) is 7.05 Å². The Morgan fingerprint density at radius 1 is 0.868 bits per heavy atom. The zero-order valence-corrected chi connectivity index (χ0v) is 20.5. The molecule has 0 saturated carbocycles. The Labute approximate surface area is 213 Å². The number of aromatic nitrogens is 2. The lowest BCUT2D eigenvalue weighted by atomic mass is 10.1. The number of amides is 1. The summed E-state index contributed by atoms with van der Waals surface area (Å²) in [6, 6.07) is 6.63. The average Bonchev–Trinajstić information content (AvgIpc) is 2.82. The standard InChI is InChI=1S/C24H21FN4O9/c1-11(30)36-17-9-14(10-18(37-12(2)31)20(17)38-13(3)32)22(33)27-19-21(26)29(24(35)28(4)23(19)34)16-7-5-15(25)6-8-16/h5-10H,26H2,1-4H3,(H,27,33). The Morgan fingerprint density at radius 2 is 1.37 bits per heavy atom. The fraction of sp³-hybridized carbons (Fsp3) is 0.167. The van der Waals surface area contributed by atoms with Gasteiger partial charge in [-0.05, 0) is 36.4 Å². The number of rotatable bonds is 6. The Bertz CT molecular complexity index is 1550. The maximum atomic E-state index is 13.4. The van der Waals surface area contributed by atoms with Gasteiger partial charge in [-0.2, -0.15) is 0 Å². The topological polar surface area (TPSA) is 178 Å². The van der Waals surface area contributed by atoms with Gasteiger partial charge in [0.05, 0.1) is 5.69 Å². The molecule has 198 valence electrons. The van der Waals surface area contributed by atoms with Crippen molar-refractivity contribution in [2.75, 3.05) is 11.1 Å². The molecule has 0 aliphatic carbocycles. The molecule has 3 aromatic rings. The number of esters is 3. The number of nitrogens with two attached hydrogens (primary N) is 1. The first kappa shape index (κ1) is 27.3. The molecule has 0 fully saturated rings. The van der Waals surface area contributed by atoms with E-state index < -0.39 is 69.6 Å². The first-order valence-electron chi connectivity index (χ1n) is 10.7. The van der Waals surface area contributed by atoms with Crippen LogP contribution in [0, 0.1) is 5.82 Å². The fourth-order valence-corrected chi connectivity index (χ4v) is 3.29. The van der Waals surface area contributed by atoms with Crippen LogP contribution in [0.1, 0.15) is 31.1 Å². The van der Waals surface area contributed by atoms with E-state index in [4.69, 9.17) is 19.9 Å². The lowest BCUT2D eigenvalue weighted by Gasteiger charge is -2.17. The molecule has 0 spiro atoms.